The van der Waals surface area contributed by atoms with Gasteiger partial charge in [-0.1, -0.05) is 39.6 Å². The van der Waals surface area contributed by atoms with Gasteiger partial charge in [-0.3, -0.25) is 0 Å². The number of hydrogen-bond acceptors (Lipinski definition) is 0. The van der Waals surface area contributed by atoms with Gasteiger partial charge in [0.15, 0.2) is 0 Å². The van der Waals surface area contributed by atoms with Gasteiger partial charge in [-0.05, 0) is 11.5 Å². The van der Waals surface area contributed by atoms with Crippen molar-refractivity contribution in [1.82, 2.24) is 0 Å². The molecular formula is C9H20Si. The van der Waals surface area contributed by atoms with E-state index >= 15 is 0 Å². The van der Waals surface area contributed by atoms with Gasteiger partial charge in [0.2, 0.25) is 0 Å². The van der Waals surface area contributed by atoms with Crippen molar-refractivity contribution in [3.8, 4) is 0 Å². The van der Waals surface area contributed by atoms with Gasteiger partial charge in [0.05, 0.1) is 8.07 Å². The highest BCUT2D eigenvalue weighted by molar-refractivity contribution is 6.79. The second-order valence-electron chi connectivity index (χ2n) is 4.23. The van der Waals surface area contributed by atoms with Crippen LogP contribution in [0, 0.1) is 0 Å². The van der Waals surface area contributed by atoms with Crippen molar-refractivity contribution in [3.63, 3.8) is 0 Å². The minimum absolute atomic E-state index is 0.424. The molecule has 0 aliphatic rings. The summed E-state index contributed by atoms with van der Waals surface area (Å²) in [6.07, 6.45) is 3.37. The zero-order valence-electron chi connectivity index (χ0n) is 7.99. The molecule has 0 heterocycles. The van der Waals surface area contributed by atoms with Gasteiger partial charge in [-0.2, -0.15) is 0 Å². The van der Waals surface area contributed by atoms with E-state index in [9.17, 15) is 0 Å². The quantitative estimate of drug-likeness (QED) is 0.432. The van der Waals surface area contributed by atoms with Crippen molar-refractivity contribution in [2.45, 2.75) is 44.9 Å². The Labute approximate surface area is 66.4 Å². The van der Waals surface area contributed by atoms with Crippen LogP contribution in [0.5, 0.6) is 0 Å². The zero-order chi connectivity index (χ0) is 8.41. The molecule has 1 unspecified atom stereocenters. The third kappa shape index (κ3) is 1.72. The number of hydrogen-bond donors (Lipinski definition) is 0. The molecule has 0 N–H and O–H groups in total. The van der Waals surface area contributed by atoms with Gasteiger partial charge < -0.3 is 0 Å². The van der Waals surface area contributed by atoms with E-state index < -0.39 is 8.07 Å². The second kappa shape index (κ2) is 2.91. The molecule has 10 heavy (non-hydrogen) atoms. The van der Waals surface area contributed by atoms with Gasteiger partial charge >= 0.3 is 0 Å². The molecule has 0 aromatic heterocycles. The Morgan fingerprint density at radius 1 is 1.40 bits per heavy atom. The highest BCUT2D eigenvalue weighted by atomic mass is 28.3. The van der Waals surface area contributed by atoms with E-state index in [4.69, 9.17) is 0 Å². The van der Waals surface area contributed by atoms with E-state index in [0.29, 0.717) is 5.04 Å². The summed E-state index contributed by atoms with van der Waals surface area (Å²) in [4.78, 5) is 0. The van der Waals surface area contributed by atoms with Crippen molar-refractivity contribution in [2.75, 3.05) is 0 Å². The third-order valence-corrected chi connectivity index (χ3v) is 6.88. The largest absolute Gasteiger partial charge is 0.103 e. The smallest absolute Gasteiger partial charge is 0.0545 e. The van der Waals surface area contributed by atoms with E-state index in [1.54, 1.807) is 0 Å². The summed E-state index contributed by atoms with van der Waals surface area (Å²) in [7, 11) is -1.03. The Balaban J connectivity index is 4.48. The van der Waals surface area contributed by atoms with Gasteiger partial charge in [0.25, 0.3) is 0 Å². The van der Waals surface area contributed by atoms with Crippen LogP contribution in [0.4, 0.5) is 0 Å². The van der Waals surface area contributed by atoms with Crippen molar-refractivity contribution in [2.24, 2.45) is 0 Å². The van der Waals surface area contributed by atoms with Crippen molar-refractivity contribution >= 4 is 8.07 Å². The Morgan fingerprint density at radius 3 is 1.80 bits per heavy atom. The first kappa shape index (κ1) is 9.96. The van der Waals surface area contributed by atoms with E-state index in [-0.39, 0.29) is 0 Å². The predicted octanol–water partition coefficient (Wildman–Crippen LogP) is 3.68. The molecule has 0 aliphatic heterocycles. The fraction of sp³-hybridized carbons (Fsp3) is 0.778. The van der Waals surface area contributed by atoms with Crippen LogP contribution in [0.25, 0.3) is 0 Å². The fourth-order valence-electron chi connectivity index (χ4n) is 0.981. The average Bonchev–Trinajstić information content (AvgIpc) is 1.84. The van der Waals surface area contributed by atoms with E-state index in [1.165, 1.54) is 6.42 Å². The van der Waals surface area contributed by atoms with Crippen LogP contribution in [0.15, 0.2) is 12.7 Å². The number of rotatable bonds is 3. The van der Waals surface area contributed by atoms with Crippen molar-refractivity contribution in [3.05, 3.63) is 12.7 Å². The molecule has 1 heteroatoms. The van der Waals surface area contributed by atoms with E-state index in [1.807, 2.05) is 0 Å². The maximum atomic E-state index is 3.90. The van der Waals surface area contributed by atoms with Gasteiger partial charge in [0.1, 0.15) is 0 Å². The Morgan fingerprint density at radius 2 is 1.80 bits per heavy atom. The Hall–Kier alpha value is -0.0431. The summed E-state index contributed by atoms with van der Waals surface area (Å²) >= 11 is 0. The molecule has 60 valence electrons. The van der Waals surface area contributed by atoms with Crippen LogP contribution >= 0.6 is 0 Å². The van der Waals surface area contributed by atoms with Gasteiger partial charge in [-0.15, -0.1) is 6.58 Å². The molecule has 0 aromatic rings. The van der Waals surface area contributed by atoms with Crippen LogP contribution < -0.4 is 0 Å². The number of allylic oxidation sites excluding steroid dienone is 1. The lowest BCUT2D eigenvalue weighted by molar-refractivity contribution is 0.691. The van der Waals surface area contributed by atoms with Crippen molar-refractivity contribution < 1.29 is 0 Å². The molecule has 0 nitrogen and oxygen atoms in total. The van der Waals surface area contributed by atoms with Crippen LogP contribution in [0.1, 0.15) is 20.3 Å². The molecule has 0 aliphatic carbocycles. The molecule has 1 atom stereocenters. The van der Waals surface area contributed by atoms with Crippen LogP contribution in [-0.4, -0.2) is 8.07 Å². The molecule has 0 spiro atoms. The first-order chi connectivity index (χ1) is 4.37. The Bertz CT molecular complexity index is 121. The molecule has 0 amide bonds. The van der Waals surface area contributed by atoms with Crippen LogP contribution in [-0.2, 0) is 0 Å². The lowest BCUT2D eigenvalue weighted by Gasteiger charge is -2.37. The molecule has 0 rings (SSSR count). The summed E-state index contributed by atoms with van der Waals surface area (Å²) in [5.41, 5.74) is 0. The molecule has 0 saturated heterocycles. The summed E-state index contributed by atoms with van der Waals surface area (Å²) < 4.78 is 0. The first-order valence-electron chi connectivity index (χ1n) is 4.01. The standard InChI is InChI=1S/C9H20Si/c1-7-9(3,8-2)10(4,5)6/h7H,1,8H2,2-6H3. The van der Waals surface area contributed by atoms with Gasteiger partial charge in [0, 0.05) is 0 Å². The van der Waals surface area contributed by atoms with Gasteiger partial charge in [-0.25, -0.2) is 0 Å². The lowest BCUT2D eigenvalue weighted by atomic mass is 10.1. The van der Waals surface area contributed by atoms with Crippen LogP contribution in [0.3, 0.4) is 0 Å². The summed E-state index contributed by atoms with van der Waals surface area (Å²) in [5.74, 6) is 0. The average molecular weight is 156 g/mol. The minimum Gasteiger partial charge on any atom is -0.103 e. The van der Waals surface area contributed by atoms with E-state index in [2.05, 4.69) is 46.1 Å². The molecule has 0 bridgehead atoms. The molecular weight excluding hydrogens is 136 g/mol. The maximum Gasteiger partial charge on any atom is 0.0545 e. The second-order valence-corrected chi connectivity index (χ2v) is 9.87. The zero-order valence-corrected chi connectivity index (χ0v) is 8.99. The molecule has 0 radical (unpaired) electrons. The monoisotopic (exact) mass is 156 g/mol. The minimum atomic E-state index is -1.03. The third-order valence-electron chi connectivity index (χ3n) is 2.90. The normalized spacial score (nSPS) is 18.1. The summed E-state index contributed by atoms with van der Waals surface area (Å²) in [6, 6.07) is 0. The molecule has 0 fully saturated rings. The SMILES string of the molecule is C=CC(C)(CC)[Si](C)(C)C. The molecule has 0 aromatic carbocycles. The molecule has 0 saturated carbocycles. The van der Waals surface area contributed by atoms with Crippen molar-refractivity contribution in [1.29, 1.82) is 0 Å². The highest BCUT2D eigenvalue weighted by Crippen LogP contribution is 2.41. The summed E-state index contributed by atoms with van der Waals surface area (Å²) in [6.45, 7) is 15.7. The lowest BCUT2D eigenvalue weighted by Crippen LogP contribution is -2.35. The summed E-state index contributed by atoms with van der Waals surface area (Å²) in [5, 5.41) is 0.424. The highest BCUT2D eigenvalue weighted by Gasteiger charge is 2.34. The predicted molar refractivity (Wildman–Crippen MR) is 52.2 cm³/mol. The maximum absolute atomic E-state index is 3.90. The van der Waals surface area contributed by atoms with Crippen LogP contribution in [0.2, 0.25) is 24.7 Å². The topological polar surface area (TPSA) is 0 Å². The first-order valence-corrected chi connectivity index (χ1v) is 7.51. The van der Waals surface area contributed by atoms with E-state index in [0.717, 1.165) is 0 Å². The Kier molecular flexibility index (Phi) is 2.90. The fourth-order valence-corrected chi connectivity index (χ4v) is 2.65.